The largest absolute Gasteiger partial charge is 0.503 e. The van der Waals surface area contributed by atoms with E-state index < -0.39 is 23.5 Å². The first kappa shape index (κ1) is 23.1. The van der Waals surface area contributed by atoms with Crippen LogP contribution in [0, 0.1) is 6.92 Å². The van der Waals surface area contributed by atoms with Crippen molar-refractivity contribution in [1.29, 1.82) is 0 Å². The molecule has 2 aliphatic rings. The van der Waals surface area contributed by atoms with E-state index in [9.17, 15) is 14.7 Å². The molecule has 2 aromatic rings. The number of hydrogen-bond acceptors (Lipinski definition) is 7. The van der Waals surface area contributed by atoms with Crippen LogP contribution in [-0.4, -0.2) is 72.6 Å². The van der Waals surface area contributed by atoms with Gasteiger partial charge < -0.3 is 23.9 Å². The summed E-state index contributed by atoms with van der Waals surface area (Å²) in [5, 5.41) is 10.8. The predicted octanol–water partition coefficient (Wildman–Crippen LogP) is 3.29. The van der Waals surface area contributed by atoms with Crippen molar-refractivity contribution in [2.24, 2.45) is 0 Å². The quantitative estimate of drug-likeness (QED) is 0.581. The molecule has 0 radical (unpaired) electrons. The normalized spacial score (nSPS) is 19.4. The molecule has 3 heterocycles. The van der Waals surface area contributed by atoms with Crippen molar-refractivity contribution in [2.75, 3.05) is 46.0 Å². The van der Waals surface area contributed by atoms with Crippen LogP contribution in [-0.2, 0) is 9.53 Å². The van der Waals surface area contributed by atoms with Crippen molar-refractivity contribution in [3.05, 3.63) is 64.8 Å². The van der Waals surface area contributed by atoms with Gasteiger partial charge in [0.25, 0.3) is 5.91 Å². The highest BCUT2D eigenvalue weighted by atomic mass is 16.5. The number of ether oxygens (including phenoxy) is 2. The second kappa shape index (κ2) is 10.2. The van der Waals surface area contributed by atoms with Crippen LogP contribution in [0.5, 0.6) is 5.75 Å². The zero-order valence-corrected chi connectivity index (χ0v) is 19.1. The monoisotopic (exact) mass is 454 g/mol. The highest BCUT2D eigenvalue weighted by Crippen LogP contribution is 2.40. The lowest BCUT2D eigenvalue weighted by Gasteiger charge is -2.31. The summed E-state index contributed by atoms with van der Waals surface area (Å²) in [7, 11) is 0. The van der Waals surface area contributed by atoms with E-state index in [0.717, 1.165) is 19.5 Å². The number of carbonyl (C=O) groups is 2. The minimum absolute atomic E-state index is 0.0315. The minimum atomic E-state index is -0.735. The molecular formula is C25H30N2O6. The molecule has 8 nitrogen and oxygen atoms in total. The Hall–Kier alpha value is -3.10. The molecule has 1 fully saturated rings. The van der Waals surface area contributed by atoms with Crippen LogP contribution in [0.4, 0.5) is 0 Å². The molecule has 0 aliphatic carbocycles. The van der Waals surface area contributed by atoms with Crippen LogP contribution in [0.3, 0.4) is 0 Å². The zero-order chi connectivity index (χ0) is 23.4. The van der Waals surface area contributed by atoms with Crippen molar-refractivity contribution < 1.29 is 28.6 Å². The Morgan fingerprint density at radius 1 is 1.18 bits per heavy atom. The maximum absolute atomic E-state index is 13.4. The van der Waals surface area contributed by atoms with E-state index in [4.69, 9.17) is 13.9 Å². The lowest BCUT2D eigenvalue weighted by Crippen LogP contribution is -2.43. The number of Topliss-reactive ketones (excluding diaryl/α,β-unsaturated/α-hetero) is 1. The first-order valence-electron chi connectivity index (χ1n) is 11.4. The van der Waals surface area contributed by atoms with Crippen molar-refractivity contribution in [3.8, 4) is 5.75 Å². The highest BCUT2D eigenvalue weighted by Gasteiger charge is 2.44. The molecule has 1 N–H and O–H groups in total. The third-order valence-corrected chi connectivity index (χ3v) is 5.92. The number of aliphatic hydroxyl groups excluding tert-OH is 1. The Kier molecular flexibility index (Phi) is 7.15. The molecule has 1 atom stereocenters. The van der Waals surface area contributed by atoms with Gasteiger partial charge in [-0.1, -0.05) is 19.1 Å². The van der Waals surface area contributed by atoms with Gasteiger partial charge in [-0.25, -0.2) is 0 Å². The van der Waals surface area contributed by atoms with Crippen LogP contribution in [0.2, 0.25) is 0 Å². The summed E-state index contributed by atoms with van der Waals surface area (Å²) in [4.78, 5) is 30.3. The Balaban J connectivity index is 1.67. The summed E-state index contributed by atoms with van der Waals surface area (Å²) in [5.74, 6) is -0.242. The van der Waals surface area contributed by atoms with Gasteiger partial charge in [0.05, 0.1) is 31.4 Å². The molecule has 0 saturated carbocycles. The molecule has 0 unspecified atom stereocenters. The molecule has 1 amide bonds. The number of rotatable bonds is 9. The van der Waals surface area contributed by atoms with E-state index in [1.807, 2.05) is 31.2 Å². The van der Waals surface area contributed by atoms with Gasteiger partial charge in [-0.15, -0.1) is 0 Å². The molecule has 2 aliphatic heterocycles. The molecule has 4 rings (SSSR count). The standard InChI is InChI=1S/C25H30N2O6/c1-3-13-32-19-6-4-5-18(16-19)22-21(23(28)20-8-7-17(2)33-20)24(29)25(30)27(22)10-9-26-11-14-31-15-12-26/h4-8,16,22,29H,3,9-15H2,1-2H3/t22-/m0/s1. The number of nitrogens with zero attached hydrogens (tertiary/aromatic N) is 2. The number of aliphatic hydroxyl groups is 1. The lowest BCUT2D eigenvalue weighted by atomic mass is 9.95. The van der Waals surface area contributed by atoms with Crippen molar-refractivity contribution in [3.63, 3.8) is 0 Å². The van der Waals surface area contributed by atoms with E-state index >= 15 is 0 Å². The average Bonchev–Trinajstić information content (AvgIpc) is 3.38. The van der Waals surface area contributed by atoms with Gasteiger partial charge in [-0.3, -0.25) is 14.5 Å². The molecule has 176 valence electrons. The Morgan fingerprint density at radius 3 is 2.67 bits per heavy atom. The summed E-state index contributed by atoms with van der Waals surface area (Å²) >= 11 is 0. The number of furan rings is 1. The summed E-state index contributed by atoms with van der Waals surface area (Å²) in [5.41, 5.74) is 0.735. The van der Waals surface area contributed by atoms with Gasteiger partial charge in [0.2, 0.25) is 5.78 Å². The molecule has 33 heavy (non-hydrogen) atoms. The predicted molar refractivity (Wildman–Crippen MR) is 121 cm³/mol. The second-order valence-electron chi connectivity index (χ2n) is 8.28. The number of carbonyl (C=O) groups excluding carboxylic acids is 2. The van der Waals surface area contributed by atoms with Crippen molar-refractivity contribution in [1.82, 2.24) is 9.80 Å². The fourth-order valence-corrected chi connectivity index (χ4v) is 4.22. The van der Waals surface area contributed by atoms with Crippen LogP contribution >= 0.6 is 0 Å². The lowest BCUT2D eigenvalue weighted by molar-refractivity contribution is -0.129. The van der Waals surface area contributed by atoms with Crippen molar-refractivity contribution in [2.45, 2.75) is 26.3 Å². The summed E-state index contributed by atoms with van der Waals surface area (Å²) in [6.45, 7) is 8.17. The molecule has 8 heteroatoms. The third-order valence-electron chi connectivity index (χ3n) is 5.92. The SMILES string of the molecule is CCCOc1cccc([C@H]2C(C(=O)c3ccc(C)o3)=C(O)C(=O)N2CCN2CCOCC2)c1. The number of benzene rings is 1. The number of ketones is 1. The average molecular weight is 455 g/mol. The molecule has 0 spiro atoms. The number of hydrogen-bond donors (Lipinski definition) is 1. The van der Waals surface area contributed by atoms with Gasteiger partial charge in [0.1, 0.15) is 11.5 Å². The fourth-order valence-electron chi connectivity index (χ4n) is 4.22. The first-order chi connectivity index (χ1) is 16.0. The zero-order valence-electron chi connectivity index (χ0n) is 19.1. The van der Waals surface area contributed by atoms with Crippen LogP contribution in [0.1, 0.15) is 41.3 Å². The number of morpholine rings is 1. The molecule has 1 saturated heterocycles. The second-order valence-corrected chi connectivity index (χ2v) is 8.28. The smallest absolute Gasteiger partial charge is 0.290 e. The van der Waals surface area contributed by atoms with Gasteiger partial charge >= 0.3 is 0 Å². The summed E-state index contributed by atoms with van der Waals surface area (Å²) < 4.78 is 16.7. The summed E-state index contributed by atoms with van der Waals surface area (Å²) in [6.07, 6.45) is 0.861. The van der Waals surface area contributed by atoms with Gasteiger partial charge in [-0.05, 0) is 43.2 Å². The molecule has 1 aromatic heterocycles. The molecule has 0 bridgehead atoms. The third kappa shape index (κ3) is 4.96. The molecule has 1 aromatic carbocycles. The minimum Gasteiger partial charge on any atom is -0.503 e. The van der Waals surface area contributed by atoms with Crippen molar-refractivity contribution >= 4 is 11.7 Å². The Labute approximate surface area is 193 Å². The van der Waals surface area contributed by atoms with Crippen LogP contribution < -0.4 is 4.74 Å². The van der Waals surface area contributed by atoms with Gasteiger partial charge in [0, 0.05) is 26.2 Å². The topological polar surface area (TPSA) is 92.5 Å². The van der Waals surface area contributed by atoms with Crippen LogP contribution in [0.25, 0.3) is 0 Å². The maximum atomic E-state index is 13.4. The molecular weight excluding hydrogens is 424 g/mol. The fraction of sp³-hybridized carbons (Fsp3) is 0.440. The summed E-state index contributed by atoms with van der Waals surface area (Å²) in [6, 6.07) is 9.87. The maximum Gasteiger partial charge on any atom is 0.290 e. The Bertz CT molecular complexity index is 1040. The van der Waals surface area contributed by atoms with Crippen LogP contribution in [0.15, 0.2) is 52.1 Å². The van der Waals surface area contributed by atoms with E-state index in [1.54, 1.807) is 24.0 Å². The number of amides is 1. The van der Waals surface area contributed by atoms with E-state index in [-0.39, 0.29) is 11.3 Å². The number of aryl methyl sites for hydroxylation is 1. The van der Waals surface area contributed by atoms with E-state index in [2.05, 4.69) is 4.90 Å². The van der Waals surface area contributed by atoms with Gasteiger partial charge in [0.15, 0.2) is 11.5 Å². The van der Waals surface area contributed by atoms with E-state index in [1.165, 1.54) is 0 Å². The highest BCUT2D eigenvalue weighted by molar-refractivity contribution is 6.15. The first-order valence-corrected chi connectivity index (χ1v) is 11.4. The Morgan fingerprint density at radius 2 is 1.97 bits per heavy atom. The van der Waals surface area contributed by atoms with E-state index in [0.29, 0.717) is 50.0 Å². The van der Waals surface area contributed by atoms with Gasteiger partial charge in [-0.2, -0.15) is 0 Å².